The number of likely N-dealkylation sites (tertiary alicyclic amines) is 1. The van der Waals surface area contributed by atoms with E-state index >= 15 is 0 Å². The maximum Gasteiger partial charge on any atom is 0.316 e. The SMILES string of the molecule is C=C[C@]1(C)C[C@@H](OC(=O)CSC2(C)CCCN(C(=O)C(N)C(C)C)CC2)[C@]2(C)C(C)CC34C(=O)CCC3(C42)[C@@H](C)C1O. The Balaban J connectivity index is 1.32. The number of ketones is 1. The summed E-state index contributed by atoms with van der Waals surface area (Å²) >= 11 is 1.63. The van der Waals surface area contributed by atoms with Crippen LogP contribution in [0.5, 0.6) is 0 Å². The molecule has 11 atom stereocenters. The first kappa shape index (κ1) is 32.0. The number of hydrogen-bond acceptors (Lipinski definition) is 7. The number of ether oxygens (including phenoxy) is 1. The normalized spacial score (nSPS) is 47.1. The number of nitrogens with zero attached hydrogens (tertiary/aromatic N) is 1. The predicted octanol–water partition coefficient (Wildman–Crippen LogP) is 4.99. The predicted molar refractivity (Wildman–Crippen MR) is 167 cm³/mol. The van der Waals surface area contributed by atoms with Gasteiger partial charge >= 0.3 is 5.97 Å². The number of nitrogens with two attached hydrogens (primary N) is 1. The van der Waals surface area contributed by atoms with Gasteiger partial charge in [-0.3, -0.25) is 14.4 Å². The molecule has 2 spiro atoms. The van der Waals surface area contributed by atoms with Gasteiger partial charge in [-0.05, 0) is 67.6 Å². The van der Waals surface area contributed by atoms with Crippen molar-refractivity contribution < 1.29 is 24.2 Å². The third-order valence-corrected chi connectivity index (χ3v) is 14.7. The van der Waals surface area contributed by atoms with E-state index in [1.807, 2.05) is 31.7 Å². The molecule has 4 saturated carbocycles. The highest BCUT2D eigenvalue weighted by Gasteiger charge is 2.92. The van der Waals surface area contributed by atoms with Gasteiger partial charge in [-0.2, -0.15) is 0 Å². The highest BCUT2D eigenvalue weighted by atomic mass is 32.2. The van der Waals surface area contributed by atoms with Crippen molar-refractivity contribution in [2.45, 2.75) is 116 Å². The van der Waals surface area contributed by atoms with E-state index in [-0.39, 0.29) is 62.3 Å². The molecule has 0 aromatic heterocycles. The maximum atomic E-state index is 13.6. The molecule has 0 radical (unpaired) electrons. The fourth-order valence-corrected chi connectivity index (χ4v) is 11.4. The Kier molecular flexibility index (Phi) is 8.09. The van der Waals surface area contributed by atoms with Crippen LogP contribution in [0.25, 0.3) is 0 Å². The van der Waals surface area contributed by atoms with Crippen molar-refractivity contribution in [3.63, 3.8) is 0 Å². The van der Waals surface area contributed by atoms with Crippen LogP contribution in [0.2, 0.25) is 0 Å². The van der Waals surface area contributed by atoms with Crippen LogP contribution in [-0.2, 0) is 19.1 Å². The lowest BCUT2D eigenvalue weighted by Gasteiger charge is -2.51. The molecule has 7 unspecified atom stereocenters. The summed E-state index contributed by atoms with van der Waals surface area (Å²) in [7, 11) is 0. The number of thioether (sulfide) groups is 1. The van der Waals surface area contributed by atoms with Crippen molar-refractivity contribution in [3.8, 4) is 0 Å². The highest BCUT2D eigenvalue weighted by molar-refractivity contribution is 8.01. The van der Waals surface area contributed by atoms with E-state index in [1.165, 1.54) is 0 Å². The summed E-state index contributed by atoms with van der Waals surface area (Å²) in [6.45, 7) is 20.2. The molecule has 0 aromatic rings. The van der Waals surface area contributed by atoms with Gasteiger partial charge in [0.1, 0.15) is 11.9 Å². The molecule has 5 fully saturated rings. The lowest BCUT2D eigenvalue weighted by atomic mass is 9.57. The molecule has 3 N–H and O–H groups in total. The molecule has 1 amide bonds. The Morgan fingerprint density at radius 3 is 2.50 bits per heavy atom. The zero-order valence-corrected chi connectivity index (χ0v) is 27.7. The largest absolute Gasteiger partial charge is 0.461 e. The Labute approximate surface area is 257 Å². The molecule has 1 heterocycles. The molecule has 4 aliphatic carbocycles. The fourth-order valence-electron chi connectivity index (χ4n) is 10.4. The quantitative estimate of drug-likeness (QED) is 0.312. The van der Waals surface area contributed by atoms with E-state index in [9.17, 15) is 19.5 Å². The molecular formula is C34H54N2O5S. The van der Waals surface area contributed by atoms with E-state index in [0.29, 0.717) is 31.7 Å². The summed E-state index contributed by atoms with van der Waals surface area (Å²) in [6, 6.07) is -0.484. The minimum atomic E-state index is -0.654. The maximum absolute atomic E-state index is 13.6. The van der Waals surface area contributed by atoms with Gasteiger partial charge in [-0.15, -0.1) is 18.3 Å². The molecule has 0 bridgehead atoms. The smallest absolute Gasteiger partial charge is 0.316 e. The Hall–Kier alpha value is -1.38. The Morgan fingerprint density at radius 2 is 1.86 bits per heavy atom. The number of carbonyl (C=O) groups excluding carboxylic acids is 3. The fraction of sp³-hybridized carbons (Fsp3) is 0.853. The van der Waals surface area contributed by atoms with Crippen molar-refractivity contribution in [3.05, 3.63) is 12.7 Å². The van der Waals surface area contributed by atoms with Gasteiger partial charge in [0.2, 0.25) is 5.91 Å². The summed E-state index contributed by atoms with van der Waals surface area (Å²) in [5, 5.41) is 11.7. The lowest BCUT2D eigenvalue weighted by Crippen LogP contribution is -2.53. The van der Waals surface area contributed by atoms with Gasteiger partial charge in [-0.25, -0.2) is 0 Å². The van der Waals surface area contributed by atoms with Crippen LogP contribution in [0.1, 0.15) is 93.4 Å². The second-order valence-electron chi connectivity index (χ2n) is 15.7. The topological polar surface area (TPSA) is 110 Å². The van der Waals surface area contributed by atoms with Gasteiger partial charge < -0.3 is 20.5 Å². The van der Waals surface area contributed by atoms with Gasteiger partial charge in [0, 0.05) is 40.5 Å². The monoisotopic (exact) mass is 602 g/mol. The van der Waals surface area contributed by atoms with Gasteiger partial charge in [-0.1, -0.05) is 54.5 Å². The molecule has 5 aliphatic rings. The molecule has 42 heavy (non-hydrogen) atoms. The van der Waals surface area contributed by atoms with Crippen LogP contribution in [-0.4, -0.2) is 69.5 Å². The van der Waals surface area contributed by atoms with Crippen molar-refractivity contribution in [2.24, 2.45) is 51.1 Å². The molecule has 1 saturated heterocycles. The first-order valence-corrected chi connectivity index (χ1v) is 17.3. The average molecular weight is 603 g/mol. The number of esters is 1. The molecule has 7 nitrogen and oxygen atoms in total. The number of hydrogen-bond donors (Lipinski definition) is 2. The van der Waals surface area contributed by atoms with E-state index in [1.54, 1.807) is 11.8 Å². The van der Waals surface area contributed by atoms with Gasteiger partial charge in [0.15, 0.2) is 0 Å². The van der Waals surface area contributed by atoms with E-state index in [4.69, 9.17) is 10.5 Å². The van der Waals surface area contributed by atoms with Gasteiger partial charge in [0.25, 0.3) is 0 Å². The molecule has 5 rings (SSSR count). The van der Waals surface area contributed by atoms with Crippen LogP contribution in [0, 0.1) is 45.3 Å². The van der Waals surface area contributed by atoms with Crippen molar-refractivity contribution in [2.75, 3.05) is 18.8 Å². The third-order valence-electron chi connectivity index (χ3n) is 13.2. The molecule has 1 aliphatic heterocycles. The molecule has 0 aromatic carbocycles. The lowest BCUT2D eigenvalue weighted by molar-refractivity contribution is -0.168. The summed E-state index contributed by atoms with van der Waals surface area (Å²) in [4.78, 5) is 41.9. The zero-order valence-electron chi connectivity index (χ0n) is 26.9. The number of aliphatic hydroxyl groups is 1. The third kappa shape index (κ3) is 4.39. The van der Waals surface area contributed by atoms with E-state index < -0.39 is 23.7 Å². The summed E-state index contributed by atoms with van der Waals surface area (Å²) < 4.78 is 6.33. The molecule has 8 heteroatoms. The standard InChI is InChI=1S/C34H54N2O5S/c1-9-30(6)18-24(32(8)21(4)17-34-23(37)11-13-33(34,29(32)34)22(5)27(30)39)41-25(38)19-42-31(7)12-10-15-36(16-14-31)28(40)26(35)20(2)3/h9,20-22,24,26-27,29,39H,1,10-19,35H2,2-8H3/t21?,22-,24+,26?,27?,29?,30+,31?,32-,33?,34?/m0/s1. The second kappa shape index (κ2) is 10.6. The summed E-state index contributed by atoms with van der Waals surface area (Å²) in [6.07, 6.45) is 6.11. The number of rotatable bonds is 7. The zero-order chi connectivity index (χ0) is 31.0. The van der Waals surface area contributed by atoms with Gasteiger partial charge in [0.05, 0.1) is 17.9 Å². The van der Waals surface area contributed by atoms with Crippen LogP contribution >= 0.6 is 11.8 Å². The van der Waals surface area contributed by atoms with Crippen LogP contribution in [0.3, 0.4) is 0 Å². The van der Waals surface area contributed by atoms with Crippen LogP contribution in [0.4, 0.5) is 0 Å². The number of aliphatic hydroxyl groups excluding tert-OH is 1. The molecular weight excluding hydrogens is 548 g/mol. The number of carbonyl (C=O) groups is 3. The second-order valence-corrected chi connectivity index (χ2v) is 17.2. The minimum absolute atomic E-state index is 0.0162. The molecule has 236 valence electrons. The van der Waals surface area contributed by atoms with Crippen molar-refractivity contribution >= 4 is 29.4 Å². The van der Waals surface area contributed by atoms with Crippen molar-refractivity contribution in [1.29, 1.82) is 0 Å². The number of amides is 1. The van der Waals surface area contributed by atoms with Crippen molar-refractivity contribution in [1.82, 2.24) is 4.90 Å². The van der Waals surface area contributed by atoms with Crippen LogP contribution in [0.15, 0.2) is 12.7 Å². The number of Topliss-reactive ketones (excluding diaryl/α,β-unsaturated/α-hetero) is 1. The highest BCUT2D eigenvalue weighted by Crippen LogP contribution is 2.91. The summed E-state index contributed by atoms with van der Waals surface area (Å²) in [5.41, 5.74) is 4.59. The first-order chi connectivity index (χ1) is 19.5. The van der Waals surface area contributed by atoms with Crippen LogP contribution < -0.4 is 5.73 Å². The van der Waals surface area contributed by atoms with E-state index in [2.05, 4.69) is 34.3 Å². The Bertz CT molecular complexity index is 1140. The first-order valence-electron chi connectivity index (χ1n) is 16.3. The minimum Gasteiger partial charge on any atom is -0.461 e. The summed E-state index contributed by atoms with van der Waals surface area (Å²) in [5.74, 6) is 0.821. The van der Waals surface area contributed by atoms with E-state index in [0.717, 1.165) is 32.1 Å². The Morgan fingerprint density at radius 1 is 1.17 bits per heavy atom. The average Bonchev–Trinajstić information content (AvgIpc) is 3.41.